The molecule has 52 heavy (non-hydrogen) atoms. The number of nitrogens with zero attached hydrogens (tertiary/aromatic N) is 3. The van der Waals surface area contributed by atoms with E-state index in [4.69, 9.17) is 15.0 Å². The van der Waals surface area contributed by atoms with Crippen LogP contribution < -0.4 is 0 Å². The Morgan fingerprint density at radius 3 is 1.79 bits per heavy atom. The van der Waals surface area contributed by atoms with Crippen LogP contribution in [0.2, 0.25) is 0 Å². The first-order chi connectivity index (χ1) is 25.5. The van der Waals surface area contributed by atoms with E-state index in [2.05, 4.69) is 172 Å². The second-order valence-electron chi connectivity index (χ2n) is 13.7. The summed E-state index contributed by atoms with van der Waals surface area (Å²) in [7, 11) is 0. The number of fused-ring (bicyclic) bond motifs is 3. The molecule has 9 rings (SSSR count). The van der Waals surface area contributed by atoms with Crippen LogP contribution in [-0.2, 0) is 5.41 Å². The Kier molecular flexibility index (Phi) is 7.70. The molecule has 8 aromatic rings. The van der Waals surface area contributed by atoms with Gasteiger partial charge in [0.15, 0.2) is 0 Å². The summed E-state index contributed by atoms with van der Waals surface area (Å²) in [5.74, 6) is 0.744. The summed E-state index contributed by atoms with van der Waals surface area (Å²) in [6.07, 6.45) is 1.90. The highest BCUT2D eigenvalue weighted by Crippen LogP contribution is 2.58. The van der Waals surface area contributed by atoms with Crippen LogP contribution in [0.5, 0.6) is 0 Å². The molecule has 0 fully saturated rings. The van der Waals surface area contributed by atoms with Crippen molar-refractivity contribution < 1.29 is 0 Å². The average Bonchev–Trinajstić information content (AvgIpc) is 3.51. The molecule has 0 N–H and O–H groups in total. The van der Waals surface area contributed by atoms with Crippen molar-refractivity contribution in [1.82, 2.24) is 15.0 Å². The molecule has 0 radical (unpaired) electrons. The van der Waals surface area contributed by atoms with Gasteiger partial charge in [0, 0.05) is 22.9 Å². The fourth-order valence-corrected chi connectivity index (χ4v) is 8.14. The Hall–Kier alpha value is -6.45. The molecule has 3 nitrogen and oxygen atoms in total. The number of aryl methyl sites for hydroxylation is 2. The molecule has 0 bridgehead atoms. The van der Waals surface area contributed by atoms with Crippen molar-refractivity contribution in [3.8, 4) is 56.0 Å². The molecule has 3 heteroatoms. The second kappa shape index (κ2) is 12.7. The van der Waals surface area contributed by atoms with Gasteiger partial charge in [0.25, 0.3) is 0 Å². The lowest BCUT2D eigenvalue weighted by molar-refractivity contribution is 0.768. The lowest BCUT2D eigenvalue weighted by Crippen LogP contribution is -2.28. The molecule has 1 aliphatic carbocycles. The molecule has 0 amide bonds. The molecule has 0 saturated heterocycles. The van der Waals surface area contributed by atoms with Gasteiger partial charge in [0.1, 0.15) is 5.82 Å². The Morgan fingerprint density at radius 1 is 0.442 bits per heavy atom. The minimum Gasteiger partial charge on any atom is -0.256 e. The van der Waals surface area contributed by atoms with Crippen LogP contribution in [0.1, 0.15) is 39.2 Å². The van der Waals surface area contributed by atoms with Gasteiger partial charge >= 0.3 is 0 Å². The van der Waals surface area contributed by atoms with Crippen LogP contribution in [0.25, 0.3) is 56.0 Å². The van der Waals surface area contributed by atoms with Gasteiger partial charge in [-0.25, -0.2) is 9.97 Å². The smallest absolute Gasteiger partial charge is 0.126 e. The van der Waals surface area contributed by atoms with Gasteiger partial charge in [0.2, 0.25) is 0 Å². The normalized spacial score (nSPS) is 14.5. The van der Waals surface area contributed by atoms with E-state index in [0.717, 1.165) is 39.6 Å². The third-order valence-electron chi connectivity index (χ3n) is 10.7. The number of aromatic nitrogens is 3. The first kappa shape index (κ1) is 31.5. The molecule has 0 aliphatic heterocycles. The number of rotatable bonds is 6. The number of pyridine rings is 1. The van der Waals surface area contributed by atoms with E-state index < -0.39 is 5.41 Å². The lowest BCUT2D eigenvalue weighted by Gasteiger charge is -2.34. The van der Waals surface area contributed by atoms with Gasteiger partial charge in [0.05, 0.1) is 22.5 Å². The number of hydrogen-bond acceptors (Lipinski definition) is 3. The zero-order valence-electron chi connectivity index (χ0n) is 29.5. The second-order valence-corrected chi connectivity index (χ2v) is 13.7. The first-order valence-corrected chi connectivity index (χ1v) is 17.9. The maximum absolute atomic E-state index is 5.08. The summed E-state index contributed by atoms with van der Waals surface area (Å²) < 4.78 is 0. The molecular formula is C49H37N3. The van der Waals surface area contributed by atoms with Crippen LogP contribution in [-0.4, -0.2) is 15.0 Å². The maximum atomic E-state index is 5.08. The van der Waals surface area contributed by atoms with E-state index in [1.54, 1.807) is 0 Å². The number of benzene rings is 6. The quantitative estimate of drug-likeness (QED) is 0.177. The molecule has 2 aromatic heterocycles. The minimum absolute atomic E-state index is 0.533. The molecule has 0 saturated carbocycles. The molecule has 1 atom stereocenters. The van der Waals surface area contributed by atoms with E-state index in [9.17, 15) is 0 Å². The predicted molar refractivity (Wildman–Crippen MR) is 213 cm³/mol. The van der Waals surface area contributed by atoms with Crippen molar-refractivity contribution in [2.75, 3.05) is 0 Å². The Bertz CT molecular complexity index is 2570. The zero-order chi connectivity index (χ0) is 35.2. The summed E-state index contributed by atoms with van der Waals surface area (Å²) in [5, 5.41) is 0. The van der Waals surface area contributed by atoms with E-state index in [0.29, 0.717) is 0 Å². The van der Waals surface area contributed by atoms with Gasteiger partial charge in [-0.05, 0) is 88.5 Å². The molecule has 1 unspecified atom stereocenters. The summed E-state index contributed by atoms with van der Waals surface area (Å²) >= 11 is 0. The van der Waals surface area contributed by atoms with Crippen LogP contribution in [0, 0.1) is 20.8 Å². The summed E-state index contributed by atoms with van der Waals surface area (Å²) in [6, 6.07) is 59.0. The highest BCUT2D eigenvalue weighted by Gasteiger charge is 2.47. The molecular weight excluding hydrogens is 631 g/mol. The van der Waals surface area contributed by atoms with E-state index >= 15 is 0 Å². The fraction of sp³-hybridized carbons (Fsp3) is 0.0816. The van der Waals surface area contributed by atoms with Crippen molar-refractivity contribution in [3.63, 3.8) is 0 Å². The van der Waals surface area contributed by atoms with E-state index in [1.807, 2.05) is 19.2 Å². The fourth-order valence-electron chi connectivity index (χ4n) is 8.14. The largest absolute Gasteiger partial charge is 0.256 e. The van der Waals surface area contributed by atoms with Gasteiger partial charge in [-0.2, -0.15) is 0 Å². The number of hydrogen-bond donors (Lipinski definition) is 0. The molecule has 1 aliphatic rings. The van der Waals surface area contributed by atoms with Crippen LogP contribution >= 0.6 is 0 Å². The van der Waals surface area contributed by atoms with Gasteiger partial charge in [-0.3, -0.25) is 4.98 Å². The van der Waals surface area contributed by atoms with Crippen LogP contribution in [0.4, 0.5) is 0 Å². The van der Waals surface area contributed by atoms with E-state index in [1.165, 1.54) is 55.6 Å². The van der Waals surface area contributed by atoms with Crippen molar-refractivity contribution in [2.24, 2.45) is 0 Å². The Balaban J connectivity index is 1.22. The van der Waals surface area contributed by atoms with Crippen molar-refractivity contribution in [2.45, 2.75) is 26.2 Å². The van der Waals surface area contributed by atoms with E-state index in [-0.39, 0.29) is 0 Å². The molecule has 6 aromatic carbocycles. The summed E-state index contributed by atoms with van der Waals surface area (Å²) in [5.41, 5.74) is 17.9. The lowest BCUT2D eigenvalue weighted by atomic mass is 9.67. The topological polar surface area (TPSA) is 38.7 Å². The average molecular weight is 668 g/mol. The SMILES string of the molecule is Cc1nc(-c2ccc(-c3ccccc3)cc2)cc(-c2cccc3c2-c2ccccc2C3(c2ccccc2)c2ccc(-c3nccc(C)c3C)cc2)n1. The third kappa shape index (κ3) is 5.08. The maximum Gasteiger partial charge on any atom is 0.126 e. The molecule has 2 heterocycles. The van der Waals surface area contributed by atoms with Gasteiger partial charge in [-0.1, -0.05) is 152 Å². The monoisotopic (exact) mass is 667 g/mol. The summed E-state index contributed by atoms with van der Waals surface area (Å²) in [4.78, 5) is 14.8. The Morgan fingerprint density at radius 2 is 1.02 bits per heavy atom. The zero-order valence-corrected chi connectivity index (χ0v) is 29.5. The minimum atomic E-state index is -0.533. The van der Waals surface area contributed by atoms with Gasteiger partial charge < -0.3 is 0 Å². The first-order valence-electron chi connectivity index (χ1n) is 17.9. The van der Waals surface area contributed by atoms with Crippen molar-refractivity contribution in [3.05, 3.63) is 209 Å². The highest BCUT2D eigenvalue weighted by molar-refractivity contribution is 5.95. The Labute approximate surface area is 305 Å². The standard InChI is InChI=1S/C49H37N3/c1-32-29-30-50-48(33(32)2)38-25-27-40(28-26-38)49(39-15-8-5-9-16-39)43-19-11-10-17-41(43)47-42(18-12-20-44(47)49)46-31-45(51-34(3)52-46)37-23-21-36(22-24-37)35-13-6-4-7-14-35/h4-31H,1-3H3. The highest BCUT2D eigenvalue weighted by atomic mass is 14.9. The predicted octanol–water partition coefficient (Wildman–Crippen LogP) is 11.8. The van der Waals surface area contributed by atoms with Crippen molar-refractivity contribution in [1.29, 1.82) is 0 Å². The third-order valence-corrected chi connectivity index (χ3v) is 10.7. The molecule has 0 spiro atoms. The van der Waals surface area contributed by atoms with Crippen molar-refractivity contribution >= 4 is 0 Å². The summed E-state index contributed by atoms with van der Waals surface area (Å²) in [6.45, 7) is 6.29. The van der Waals surface area contributed by atoms with Crippen LogP contribution in [0.3, 0.4) is 0 Å². The van der Waals surface area contributed by atoms with Crippen LogP contribution in [0.15, 0.2) is 170 Å². The van der Waals surface area contributed by atoms with Gasteiger partial charge in [-0.15, -0.1) is 0 Å². The molecule has 248 valence electrons.